The minimum absolute atomic E-state index is 0.249. The lowest BCUT2D eigenvalue weighted by Gasteiger charge is -2.45. The van der Waals surface area contributed by atoms with Crippen LogP contribution in [0.5, 0.6) is 0 Å². The molecular weight excluding hydrogens is 865 g/mol. The van der Waals surface area contributed by atoms with Crippen LogP contribution in [0.2, 0.25) is 0 Å². The molecule has 0 aliphatic heterocycles. The zero-order valence-corrected chi connectivity index (χ0v) is 39.3. The van der Waals surface area contributed by atoms with Crippen LogP contribution >= 0.6 is 0 Å². The first kappa shape index (κ1) is 50.3. The zero-order chi connectivity index (χ0) is 48.0. The maximum Gasteiger partial charge on any atom is 0.550 e. The molecule has 362 valence electrons. The molecule has 0 amide bonds. The van der Waals surface area contributed by atoms with Gasteiger partial charge in [0, 0.05) is 0 Å². The Morgan fingerprint density at radius 1 is 0.343 bits per heavy atom. The van der Waals surface area contributed by atoms with Gasteiger partial charge in [-0.3, -0.25) is 0 Å². The highest BCUT2D eigenvalue weighted by Gasteiger charge is 2.42. The van der Waals surface area contributed by atoms with E-state index in [1.54, 1.807) is 36.4 Å². The molecule has 15 nitrogen and oxygen atoms in total. The molecule has 0 unspecified atom stereocenters. The van der Waals surface area contributed by atoms with Crippen LogP contribution < -0.4 is 0 Å². The summed E-state index contributed by atoms with van der Waals surface area (Å²) in [5, 5.41) is 0. The summed E-state index contributed by atoms with van der Waals surface area (Å²) in [5.74, 6) is -0.350. The fourth-order valence-corrected chi connectivity index (χ4v) is 9.77. The van der Waals surface area contributed by atoms with Crippen LogP contribution in [0.25, 0.3) is 0 Å². The summed E-state index contributed by atoms with van der Waals surface area (Å²) in [5.41, 5.74) is 3.92. The molecule has 3 saturated carbocycles. The third-order valence-corrected chi connectivity index (χ3v) is 13.6. The molecule has 15 heteroatoms. The molecule has 0 heterocycles. The van der Waals surface area contributed by atoms with Crippen molar-refractivity contribution in [3.8, 4) is 0 Å². The number of hydrogen-bond acceptors (Lipinski definition) is 15. The minimum Gasteiger partial charge on any atom is -0.428 e. The van der Waals surface area contributed by atoms with Crippen LogP contribution in [-0.4, -0.2) is 54.7 Å². The van der Waals surface area contributed by atoms with Crippen molar-refractivity contribution in [1.82, 2.24) is 0 Å². The maximum atomic E-state index is 12.6. The van der Waals surface area contributed by atoms with Gasteiger partial charge in [-0.15, -0.1) is 0 Å². The molecule has 3 aromatic carbocycles. The van der Waals surface area contributed by atoms with Crippen molar-refractivity contribution in [2.24, 2.45) is 23.7 Å². The Bertz CT molecular complexity index is 1860. The lowest BCUT2D eigenvalue weighted by Crippen LogP contribution is -2.39. The first-order chi connectivity index (χ1) is 32.1. The van der Waals surface area contributed by atoms with E-state index in [1.807, 2.05) is 77.9 Å². The molecule has 3 aromatic rings. The second-order valence-electron chi connectivity index (χ2n) is 19.0. The van der Waals surface area contributed by atoms with Gasteiger partial charge in [-0.25, -0.2) is 43.7 Å². The topological polar surface area (TPSA) is 185 Å². The van der Waals surface area contributed by atoms with Crippen LogP contribution in [0.15, 0.2) is 72.8 Å². The average Bonchev–Trinajstić information content (AvgIpc) is 3.33. The SMILES string of the molecule is CC(C)c1ccc(C(=O)OOC(=O)OC2CCC(C(C3CCC(OC(=O)OOC(=O)c4ccc(C(C)C)cc4)CC3)C3CCC(OC(=O)OOC(=O)c4ccc(C(C)C)cc4)CC3)CC2)cc1. The fraction of sp³-hybridized carbons (Fsp3) is 0.538. The van der Waals surface area contributed by atoms with Crippen LogP contribution in [0, 0.1) is 23.7 Å². The van der Waals surface area contributed by atoms with E-state index in [1.165, 1.54) is 0 Å². The van der Waals surface area contributed by atoms with Crippen molar-refractivity contribution >= 4 is 36.4 Å². The normalized spacial score (nSPS) is 22.2. The smallest absolute Gasteiger partial charge is 0.428 e. The van der Waals surface area contributed by atoms with E-state index < -0.39 is 54.7 Å². The van der Waals surface area contributed by atoms with E-state index >= 15 is 0 Å². The number of carbonyl (C=O) groups is 6. The number of ether oxygens (including phenoxy) is 3. The quantitative estimate of drug-likeness (QED) is 0.0722. The highest BCUT2D eigenvalue weighted by atomic mass is 17.2. The first-order valence-electron chi connectivity index (χ1n) is 23.7. The van der Waals surface area contributed by atoms with E-state index in [2.05, 4.69) is 0 Å². The van der Waals surface area contributed by atoms with E-state index in [0.717, 1.165) is 55.2 Å². The van der Waals surface area contributed by atoms with Gasteiger partial charge in [0.25, 0.3) is 0 Å². The molecule has 0 spiro atoms. The van der Waals surface area contributed by atoms with Crippen molar-refractivity contribution < 1.29 is 72.3 Å². The minimum atomic E-state index is -1.08. The lowest BCUT2D eigenvalue weighted by molar-refractivity contribution is -0.209. The second kappa shape index (κ2) is 24.1. The van der Waals surface area contributed by atoms with E-state index in [-0.39, 0.29) is 22.6 Å². The molecule has 0 radical (unpaired) electrons. The molecule has 0 saturated heterocycles. The van der Waals surface area contributed by atoms with Crippen molar-refractivity contribution in [3.63, 3.8) is 0 Å². The standard InChI is InChI=1S/C52H64O15/c1-31(2)34-7-13-40(14-8-34)47(53)62-65-50(56)59-43-25-19-37(20-26-43)46(38-21-27-44(28-22-38)60-51(57)66-63-48(54)41-15-9-35(10-16-41)32(3)4)39-23-29-45(30-24-39)61-52(58)67-64-49(55)42-17-11-36(12-18-42)33(5)6/h7-18,31-33,37-39,43-46H,19-30H2,1-6H3. The van der Waals surface area contributed by atoms with E-state index in [9.17, 15) is 28.8 Å². The summed E-state index contributed by atoms with van der Waals surface area (Å²) < 4.78 is 16.7. The van der Waals surface area contributed by atoms with Gasteiger partial charge in [0.15, 0.2) is 0 Å². The number of rotatable bonds is 12. The Morgan fingerprint density at radius 3 is 0.776 bits per heavy atom. The summed E-state index contributed by atoms with van der Waals surface area (Å²) in [6.07, 6.45) is 3.79. The summed E-state index contributed by atoms with van der Waals surface area (Å²) in [7, 11) is 0. The predicted molar refractivity (Wildman–Crippen MR) is 241 cm³/mol. The van der Waals surface area contributed by atoms with Crippen LogP contribution in [0.1, 0.15) is 184 Å². The summed E-state index contributed by atoms with van der Waals surface area (Å²) in [4.78, 5) is 104. The molecule has 0 atom stereocenters. The molecule has 0 N–H and O–H groups in total. The molecule has 6 rings (SSSR count). The zero-order valence-electron chi connectivity index (χ0n) is 39.3. The van der Waals surface area contributed by atoms with Crippen molar-refractivity contribution in [1.29, 1.82) is 0 Å². The monoisotopic (exact) mass is 928 g/mol. The second-order valence-corrected chi connectivity index (χ2v) is 19.0. The number of carbonyl (C=O) groups excluding carboxylic acids is 6. The fourth-order valence-electron chi connectivity index (χ4n) is 9.77. The van der Waals surface area contributed by atoms with Gasteiger partial charge in [-0.2, -0.15) is 14.4 Å². The third-order valence-electron chi connectivity index (χ3n) is 13.6. The van der Waals surface area contributed by atoms with Gasteiger partial charge in [0.1, 0.15) is 18.3 Å². The Kier molecular flexibility index (Phi) is 18.1. The number of hydrogen-bond donors (Lipinski definition) is 0. The molecule has 0 bridgehead atoms. The summed E-state index contributed by atoms with van der Waals surface area (Å²) in [6.45, 7) is 12.3. The van der Waals surface area contributed by atoms with Gasteiger partial charge in [-0.1, -0.05) is 77.9 Å². The Labute approximate surface area is 392 Å². The van der Waals surface area contributed by atoms with E-state index in [4.69, 9.17) is 43.5 Å². The summed E-state index contributed by atoms with van der Waals surface area (Å²) in [6, 6.07) is 20.6. The Morgan fingerprint density at radius 2 is 0.567 bits per heavy atom. The highest BCUT2D eigenvalue weighted by molar-refractivity contribution is 5.90. The van der Waals surface area contributed by atoms with Crippen molar-refractivity contribution in [3.05, 3.63) is 106 Å². The Hall–Kier alpha value is -6.12. The average molecular weight is 929 g/mol. The van der Waals surface area contributed by atoms with Gasteiger partial charge in [0.05, 0.1) is 16.7 Å². The predicted octanol–water partition coefficient (Wildman–Crippen LogP) is 12.4. The van der Waals surface area contributed by atoms with Gasteiger partial charge in [0.2, 0.25) is 0 Å². The van der Waals surface area contributed by atoms with Gasteiger partial charge in [-0.05, 0) is 172 Å². The molecule has 0 aromatic heterocycles. The Balaban J connectivity index is 0.991. The van der Waals surface area contributed by atoms with Gasteiger partial charge < -0.3 is 14.2 Å². The third kappa shape index (κ3) is 14.7. The van der Waals surface area contributed by atoms with Crippen LogP contribution in [-0.2, 0) is 43.5 Å². The molecular formula is C52H64O15. The van der Waals surface area contributed by atoms with Crippen LogP contribution in [0.3, 0.4) is 0 Å². The largest absolute Gasteiger partial charge is 0.550 e. The molecule has 3 fully saturated rings. The molecule has 3 aliphatic rings. The first-order valence-corrected chi connectivity index (χ1v) is 23.7. The molecule has 67 heavy (non-hydrogen) atoms. The number of benzene rings is 3. The van der Waals surface area contributed by atoms with Crippen LogP contribution in [0.4, 0.5) is 14.4 Å². The van der Waals surface area contributed by atoms with Crippen molar-refractivity contribution in [2.75, 3.05) is 0 Å². The van der Waals surface area contributed by atoms with Crippen molar-refractivity contribution in [2.45, 2.75) is 155 Å². The van der Waals surface area contributed by atoms with Gasteiger partial charge >= 0.3 is 36.4 Å². The summed E-state index contributed by atoms with van der Waals surface area (Å²) >= 11 is 0. The molecule has 3 aliphatic carbocycles. The maximum absolute atomic E-state index is 12.6. The highest BCUT2D eigenvalue weighted by Crippen LogP contribution is 2.48. The van der Waals surface area contributed by atoms with E-state index in [0.29, 0.717) is 74.0 Å². The lowest BCUT2D eigenvalue weighted by atomic mass is 9.61.